The molecule has 2 aromatic carbocycles. The van der Waals surface area contributed by atoms with Crippen molar-refractivity contribution >= 4 is 11.9 Å². The number of carbonyl (C=O) groups excluding carboxylic acids is 2. The van der Waals surface area contributed by atoms with Gasteiger partial charge in [0, 0.05) is 0 Å². The number of hydrogen-bond donors (Lipinski definition) is 1. The number of methoxy groups -OCH3 is 1. The summed E-state index contributed by atoms with van der Waals surface area (Å²) in [6.07, 6.45) is 1.16. The number of nitrogens with zero attached hydrogens (tertiary/aromatic N) is 1. The van der Waals surface area contributed by atoms with Gasteiger partial charge in [-0.2, -0.15) is 8.78 Å². The van der Waals surface area contributed by atoms with Crippen LogP contribution in [0.5, 0.6) is 11.5 Å². The minimum Gasteiger partial charge on any atom is -0.493 e. The topological polar surface area (TPSA) is 67.9 Å². The summed E-state index contributed by atoms with van der Waals surface area (Å²) in [4.78, 5) is 27.1. The number of alkyl halides is 2. The highest BCUT2D eigenvalue weighted by Gasteiger charge is 2.51. The molecule has 29 heavy (non-hydrogen) atoms. The molecule has 0 aliphatic carbocycles. The van der Waals surface area contributed by atoms with Gasteiger partial charge in [-0.25, -0.2) is 4.79 Å². The Morgan fingerprint density at radius 3 is 2.45 bits per heavy atom. The minimum atomic E-state index is -2.98. The molecule has 1 heterocycles. The van der Waals surface area contributed by atoms with Gasteiger partial charge in [0.15, 0.2) is 11.5 Å². The van der Waals surface area contributed by atoms with Crippen LogP contribution >= 0.6 is 0 Å². The predicted molar refractivity (Wildman–Crippen MR) is 102 cm³/mol. The van der Waals surface area contributed by atoms with Crippen molar-refractivity contribution in [1.82, 2.24) is 10.2 Å². The number of ether oxygens (including phenoxy) is 2. The van der Waals surface area contributed by atoms with Crippen LogP contribution in [0, 0.1) is 0 Å². The zero-order valence-corrected chi connectivity index (χ0v) is 16.2. The normalized spacial score (nSPS) is 18.9. The van der Waals surface area contributed by atoms with Crippen molar-refractivity contribution in [3.8, 4) is 11.5 Å². The maximum Gasteiger partial charge on any atom is 0.387 e. The quantitative estimate of drug-likeness (QED) is 0.675. The van der Waals surface area contributed by atoms with Crippen LogP contribution in [0.25, 0.3) is 0 Å². The summed E-state index contributed by atoms with van der Waals surface area (Å²) in [6.45, 7) is -1.06. The molecule has 0 radical (unpaired) electrons. The van der Waals surface area contributed by atoms with E-state index < -0.39 is 18.2 Å². The summed E-state index contributed by atoms with van der Waals surface area (Å²) in [6, 6.07) is 12.9. The number of halogens is 2. The molecule has 0 unspecified atom stereocenters. The van der Waals surface area contributed by atoms with Gasteiger partial charge in [0.25, 0.3) is 5.91 Å². The molecule has 1 aliphatic rings. The average molecular weight is 404 g/mol. The molecule has 6 nitrogen and oxygen atoms in total. The van der Waals surface area contributed by atoms with Gasteiger partial charge in [0.1, 0.15) is 5.54 Å². The van der Waals surface area contributed by atoms with E-state index in [1.54, 1.807) is 0 Å². The Morgan fingerprint density at radius 2 is 1.83 bits per heavy atom. The first kappa shape index (κ1) is 20.6. The second kappa shape index (κ2) is 8.46. The van der Waals surface area contributed by atoms with Gasteiger partial charge in [0.05, 0.1) is 13.7 Å². The number of imide groups is 1. The molecule has 0 aromatic heterocycles. The Bertz CT molecular complexity index is 892. The number of nitrogens with one attached hydrogen (secondary N) is 1. The summed E-state index contributed by atoms with van der Waals surface area (Å²) in [7, 11) is 1.33. The molecule has 2 aromatic rings. The molecule has 3 amide bonds. The zero-order chi connectivity index (χ0) is 21.0. The lowest BCUT2D eigenvalue weighted by atomic mass is 9.85. The van der Waals surface area contributed by atoms with Gasteiger partial charge in [0.2, 0.25) is 0 Å². The lowest BCUT2D eigenvalue weighted by Gasteiger charge is -2.27. The van der Waals surface area contributed by atoms with E-state index in [2.05, 4.69) is 10.1 Å². The Kier molecular flexibility index (Phi) is 6.00. The number of urea groups is 1. The van der Waals surface area contributed by atoms with Crippen LogP contribution < -0.4 is 14.8 Å². The van der Waals surface area contributed by atoms with Gasteiger partial charge >= 0.3 is 12.6 Å². The molecule has 1 N–H and O–H groups in total. The van der Waals surface area contributed by atoms with E-state index in [9.17, 15) is 18.4 Å². The van der Waals surface area contributed by atoms with Crippen molar-refractivity contribution in [3.05, 3.63) is 59.7 Å². The third kappa shape index (κ3) is 4.01. The van der Waals surface area contributed by atoms with E-state index in [1.165, 1.54) is 25.3 Å². The number of benzene rings is 2. The fraction of sp³-hybridized carbons (Fsp3) is 0.333. The number of rotatable bonds is 8. The third-order valence-electron chi connectivity index (χ3n) is 4.85. The van der Waals surface area contributed by atoms with E-state index >= 15 is 0 Å². The molecule has 0 spiro atoms. The molecular weight excluding hydrogens is 382 g/mol. The van der Waals surface area contributed by atoms with Crippen LogP contribution in [0.4, 0.5) is 13.6 Å². The van der Waals surface area contributed by atoms with Gasteiger partial charge in [-0.3, -0.25) is 9.69 Å². The summed E-state index contributed by atoms with van der Waals surface area (Å²) in [5.41, 5.74) is 0.156. The standard InChI is InChI=1S/C21H22F2N2O4/c1-3-11-21(15-7-5-4-6-8-15)18(26)25(20(27)24-21)13-14-9-10-16(29-19(22)23)17(12-14)28-2/h4-10,12,19H,3,11,13H2,1-2H3,(H,24,27)/t21-/m0/s1. The first-order valence-electron chi connectivity index (χ1n) is 9.22. The number of hydrogen-bond acceptors (Lipinski definition) is 4. The maximum atomic E-state index is 13.3. The first-order valence-corrected chi connectivity index (χ1v) is 9.22. The highest BCUT2D eigenvalue weighted by atomic mass is 19.3. The van der Waals surface area contributed by atoms with Gasteiger partial charge < -0.3 is 14.8 Å². The van der Waals surface area contributed by atoms with E-state index in [0.717, 1.165) is 10.5 Å². The lowest BCUT2D eigenvalue weighted by molar-refractivity contribution is -0.132. The maximum absolute atomic E-state index is 13.3. The second-order valence-electron chi connectivity index (χ2n) is 6.71. The Hall–Kier alpha value is -3.16. The lowest BCUT2D eigenvalue weighted by Crippen LogP contribution is -2.43. The SMILES string of the molecule is CCC[C@@]1(c2ccccc2)NC(=O)N(Cc2ccc(OC(F)F)c(OC)c2)C1=O. The van der Waals surface area contributed by atoms with Crippen LogP contribution in [0.1, 0.15) is 30.9 Å². The molecule has 0 saturated carbocycles. The van der Waals surface area contributed by atoms with Crippen molar-refractivity contribution < 1.29 is 27.8 Å². The smallest absolute Gasteiger partial charge is 0.387 e. The highest BCUT2D eigenvalue weighted by Crippen LogP contribution is 2.35. The Morgan fingerprint density at radius 1 is 1.10 bits per heavy atom. The van der Waals surface area contributed by atoms with Crippen LogP contribution in [0.15, 0.2) is 48.5 Å². The monoisotopic (exact) mass is 404 g/mol. The molecule has 8 heteroatoms. The van der Waals surface area contributed by atoms with Crippen molar-refractivity contribution in [3.63, 3.8) is 0 Å². The van der Waals surface area contributed by atoms with Gasteiger partial charge in [-0.15, -0.1) is 0 Å². The fourth-order valence-corrected chi connectivity index (χ4v) is 3.56. The number of carbonyl (C=O) groups is 2. The van der Waals surface area contributed by atoms with Crippen LogP contribution in [-0.4, -0.2) is 30.6 Å². The molecular formula is C21H22F2N2O4. The summed E-state index contributed by atoms with van der Waals surface area (Å²) in [5.74, 6) is -0.367. The largest absolute Gasteiger partial charge is 0.493 e. The third-order valence-corrected chi connectivity index (χ3v) is 4.85. The van der Waals surface area contributed by atoms with Crippen molar-refractivity contribution in [1.29, 1.82) is 0 Å². The van der Waals surface area contributed by atoms with Crippen molar-refractivity contribution in [2.45, 2.75) is 38.5 Å². The molecule has 0 bridgehead atoms. The molecule has 154 valence electrons. The molecule has 3 rings (SSSR count). The van der Waals surface area contributed by atoms with Crippen molar-refractivity contribution in [2.75, 3.05) is 7.11 Å². The summed E-state index contributed by atoms with van der Waals surface area (Å²) < 4.78 is 34.5. The first-order chi connectivity index (χ1) is 13.9. The Balaban J connectivity index is 1.88. The molecule has 1 fully saturated rings. The van der Waals surface area contributed by atoms with E-state index in [1.807, 2.05) is 37.3 Å². The van der Waals surface area contributed by atoms with E-state index in [4.69, 9.17) is 4.74 Å². The molecule has 1 atom stereocenters. The van der Waals surface area contributed by atoms with Crippen molar-refractivity contribution in [2.24, 2.45) is 0 Å². The van der Waals surface area contributed by atoms with Crippen LogP contribution in [-0.2, 0) is 16.9 Å². The highest BCUT2D eigenvalue weighted by molar-refractivity contribution is 6.07. The zero-order valence-electron chi connectivity index (χ0n) is 16.2. The second-order valence-corrected chi connectivity index (χ2v) is 6.71. The minimum absolute atomic E-state index is 0.0196. The van der Waals surface area contributed by atoms with Crippen LogP contribution in [0.3, 0.4) is 0 Å². The number of amides is 3. The van der Waals surface area contributed by atoms with Crippen LogP contribution in [0.2, 0.25) is 0 Å². The predicted octanol–water partition coefficient (Wildman–Crippen LogP) is 4.04. The summed E-state index contributed by atoms with van der Waals surface area (Å²) in [5, 5.41) is 2.85. The van der Waals surface area contributed by atoms with E-state index in [-0.39, 0.29) is 24.0 Å². The fourth-order valence-electron chi connectivity index (χ4n) is 3.56. The van der Waals surface area contributed by atoms with E-state index in [0.29, 0.717) is 18.4 Å². The van der Waals surface area contributed by atoms with Gasteiger partial charge in [-0.1, -0.05) is 49.7 Å². The average Bonchev–Trinajstić information content (AvgIpc) is 2.94. The van der Waals surface area contributed by atoms with Gasteiger partial charge in [-0.05, 0) is 29.7 Å². The summed E-state index contributed by atoms with van der Waals surface area (Å²) >= 11 is 0. The molecule has 1 aliphatic heterocycles. The Labute approximate surface area is 167 Å². The molecule has 1 saturated heterocycles.